The number of hydrazine groups is 1. The summed E-state index contributed by atoms with van der Waals surface area (Å²) in [6.07, 6.45) is 1.86. The second kappa shape index (κ2) is 11.1. The van der Waals surface area contributed by atoms with Crippen LogP contribution in [0.25, 0.3) is 10.8 Å². The number of carbonyl (C=O) groups excluding carboxylic acids is 2. The number of nitrogens with one attached hydrogen (secondary N) is 1. The molecule has 2 amide bonds. The molecule has 2 N–H and O–H groups in total. The van der Waals surface area contributed by atoms with E-state index >= 15 is 4.79 Å². The molecule has 0 unspecified atom stereocenters. The van der Waals surface area contributed by atoms with E-state index in [4.69, 9.17) is 27.9 Å². The summed E-state index contributed by atoms with van der Waals surface area (Å²) in [6.45, 7) is 0.0550. The highest BCUT2D eigenvalue weighted by Gasteiger charge is 2.69. The molecule has 248 valence electrons. The highest BCUT2D eigenvalue weighted by atomic mass is 35.5. The number of allylic oxidation sites excluding steroid dienone is 2. The van der Waals surface area contributed by atoms with E-state index in [-0.39, 0.29) is 29.4 Å². The number of imide groups is 1. The number of carbonyl (C=O) groups is 2. The van der Waals surface area contributed by atoms with Gasteiger partial charge in [-0.1, -0.05) is 77.8 Å². The average Bonchev–Trinajstić information content (AvgIpc) is 3.46. The fourth-order valence-corrected chi connectivity index (χ4v) is 8.51. The number of anilines is 1. The van der Waals surface area contributed by atoms with E-state index in [1.165, 1.54) is 29.6 Å². The maximum absolute atomic E-state index is 15.3. The Labute approximate surface area is 289 Å². The molecule has 13 heteroatoms. The topological polar surface area (TPSA) is 128 Å². The van der Waals surface area contributed by atoms with E-state index in [2.05, 4.69) is 5.43 Å². The third kappa shape index (κ3) is 4.28. The van der Waals surface area contributed by atoms with Gasteiger partial charge in [0.2, 0.25) is 0 Å². The molecule has 2 aliphatic heterocycles. The normalized spacial score (nSPS) is 22.8. The maximum atomic E-state index is 15.3. The van der Waals surface area contributed by atoms with Gasteiger partial charge in [0.05, 0.1) is 41.7 Å². The van der Waals surface area contributed by atoms with Crippen LogP contribution in [0.2, 0.25) is 10.0 Å². The minimum absolute atomic E-state index is 0.0170. The van der Waals surface area contributed by atoms with Crippen molar-refractivity contribution in [2.24, 2.45) is 13.0 Å². The van der Waals surface area contributed by atoms with E-state index in [1.807, 2.05) is 30.3 Å². The van der Waals surface area contributed by atoms with Crippen LogP contribution in [0, 0.1) is 5.92 Å². The number of ether oxygens (including phenoxy) is 1. The Hall–Kier alpha value is -5.26. The zero-order valence-electron chi connectivity index (χ0n) is 26.3. The number of amides is 2. The molecule has 0 bridgehead atoms. The average molecular weight is 699 g/mol. The summed E-state index contributed by atoms with van der Waals surface area (Å²) in [5, 5.41) is 14.9. The smallest absolute Gasteiger partial charge is 0.347 e. The number of nitrogens with zero attached hydrogens (tertiary/aromatic N) is 4. The zero-order chi connectivity index (χ0) is 34.4. The van der Waals surface area contributed by atoms with Crippen molar-refractivity contribution in [1.82, 2.24) is 18.9 Å². The Morgan fingerprint density at radius 2 is 1.69 bits per heavy atom. The maximum Gasteiger partial charge on any atom is 0.347 e. The standard InChI is InChI=1S/C36H29Cl2N5O6/c1-40-34(47)41-16-15-24-29(43(41)35(40)48)18-26-32(45)42(39-28-14-10-21(37)17-27(28)38)33(46)36(26,20-8-11-22(49-2)12-9-20)30(24)25-13-7-19-5-3-4-6-23(19)31(25)44/h3-15,17,26,29-30,39,44H,16,18H2,1-2H3/t26-,29+,30+,36+/m0/s1. The number of hydrogen-bond acceptors (Lipinski definition) is 7. The Kier molecular flexibility index (Phi) is 7.06. The summed E-state index contributed by atoms with van der Waals surface area (Å²) in [4.78, 5) is 56.8. The first-order valence-electron chi connectivity index (χ1n) is 15.6. The molecule has 2 fully saturated rings. The largest absolute Gasteiger partial charge is 0.507 e. The predicted molar refractivity (Wildman–Crippen MR) is 184 cm³/mol. The minimum atomic E-state index is -1.61. The highest BCUT2D eigenvalue weighted by molar-refractivity contribution is 6.36. The van der Waals surface area contributed by atoms with Crippen LogP contribution in [0.5, 0.6) is 11.5 Å². The SMILES string of the molecule is COc1ccc([C@@]23C(=O)N(Nc4ccc(Cl)cc4Cl)C(=O)[C@@H]2C[C@@H]2C(=CCn4c(=O)n(C)c(=O)n42)[C@@H]3c2ccc3ccccc3c2O)cc1. The molecule has 49 heavy (non-hydrogen) atoms. The molecule has 5 aromatic rings. The van der Waals surface area contributed by atoms with E-state index in [0.717, 1.165) is 15.0 Å². The monoisotopic (exact) mass is 697 g/mol. The molecule has 1 saturated carbocycles. The lowest BCUT2D eigenvalue weighted by Gasteiger charge is -2.49. The summed E-state index contributed by atoms with van der Waals surface area (Å²) >= 11 is 12.7. The second-order valence-corrected chi connectivity index (χ2v) is 13.4. The molecule has 4 aromatic carbocycles. The van der Waals surface area contributed by atoms with Crippen LogP contribution < -0.4 is 21.5 Å². The molecule has 8 rings (SSSR count). The van der Waals surface area contributed by atoms with Gasteiger partial charge in [-0.3, -0.25) is 15.0 Å². The molecule has 4 atom stereocenters. The van der Waals surface area contributed by atoms with Gasteiger partial charge in [0, 0.05) is 28.9 Å². The first-order valence-corrected chi connectivity index (χ1v) is 16.4. The van der Waals surface area contributed by atoms with Crippen LogP contribution in [0.4, 0.5) is 5.69 Å². The summed E-state index contributed by atoms with van der Waals surface area (Å²) < 4.78 is 9.20. The number of benzene rings is 4. The van der Waals surface area contributed by atoms with Crippen molar-refractivity contribution < 1.29 is 19.4 Å². The lowest BCUT2D eigenvalue weighted by atomic mass is 9.53. The quantitative estimate of drug-likeness (QED) is 0.192. The fraction of sp³-hybridized carbons (Fsp3) is 0.222. The number of rotatable bonds is 5. The lowest BCUT2D eigenvalue weighted by molar-refractivity contribution is -0.138. The van der Waals surface area contributed by atoms with Crippen LogP contribution in [0.1, 0.15) is 29.5 Å². The van der Waals surface area contributed by atoms with Gasteiger partial charge in [0.25, 0.3) is 11.8 Å². The van der Waals surface area contributed by atoms with Crippen LogP contribution in [-0.2, 0) is 28.6 Å². The second-order valence-electron chi connectivity index (χ2n) is 12.5. The minimum Gasteiger partial charge on any atom is -0.507 e. The van der Waals surface area contributed by atoms with Crippen LogP contribution in [0.15, 0.2) is 100 Å². The fourth-order valence-electron chi connectivity index (χ4n) is 8.06. The molecule has 3 aliphatic rings. The van der Waals surface area contributed by atoms with Crippen molar-refractivity contribution in [3.8, 4) is 11.5 Å². The number of fused-ring (bicyclic) bond motifs is 5. The van der Waals surface area contributed by atoms with Crippen molar-refractivity contribution in [2.45, 2.75) is 30.3 Å². The van der Waals surface area contributed by atoms with Gasteiger partial charge in [0.15, 0.2) is 0 Å². The Morgan fingerprint density at radius 1 is 0.939 bits per heavy atom. The van der Waals surface area contributed by atoms with Crippen molar-refractivity contribution >= 4 is 51.5 Å². The van der Waals surface area contributed by atoms with Crippen molar-refractivity contribution in [1.29, 1.82) is 0 Å². The van der Waals surface area contributed by atoms with Crippen LogP contribution >= 0.6 is 23.2 Å². The molecule has 3 heterocycles. The molecule has 1 aromatic heterocycles. The Bertz CT molecular complexity index is 2380. The number of phenols is 1. The number of aromatic nitrogens is 3. The summed E-state index contributed by atoms with van der Waals surface area (Å²) in [6, 6.07) is 21.8. The Morgan fingerprint density at radius 3 is 2.43 bits per heavy atom. The summed E-state index contributed by atoms with van der Waals surface area (Å²) in [5.41, 5.74) is 2.15. The molecular formula is C36H29Cl2N5O6. The van der Waals surface area contributed by atoms with Crippen molar-refractivity contribution in [3.63, 3.8) is 0 Å². The van der Waals surface area contributed by atoms with Crippen LogP contribution in [-0.4, -0.2) is 43.0 Å². The summed E-state index contributed by atoms with van der Waals surface area (Å²) in [7, 11) is 2.94. The van der Waals surface area contributed by atoms with Gasteiger partial charge in [0.1, 0.15) is 11.5 Å². The molecule has 0 spiro atoms. The number of hydrogen-bond donors (Lipinski definition) is 2. The molecule has 0 radical (unpaired) electrons. The first-order chi connectivity index (χ1) is 23.6. The van der Waals surface area contributed by atoms with E-state index in [9.17, 15) is 19.5 Å². The van der Waals surface area contributed by atoms with Gasteiger partial charge in [-0.25, -0.2) is 23.5 Å². The summed E-state index contributed by atoms with van der Waals surface area (Å²) in [5.74, 6) is -2.63. The third-order valence-electron chi connectivity index (χ3n) is 10.3. The van der Waals surface area contributed by atoms with E-state index < -0.39 is 46.5 Å². The predicted octanol–water partition coefficient (Wildman–Crippen LogP) is 5.14. The third-order valence-corrected chi connectivity index (χ3v) is 10.8. The van der Waals surface area contributed by atoms with Crippen LogP contribution in [0.3, 0.4) is 0 Å². The lowest BCUT2D eigenvalue weighted by Crippen LogP contribution is -2.53. The van der Waals surface area contributed by atoms with Gasteiger partial charge in [-0.2, -0.15) is 5.01 Å². The number of phenolic OH excluding ortho intramolecular Hbond substituents is 1. The van der Waals surface area contributed by atoms with E-state index in [0.29, 0.717) is 32.9 Å². The molecule has 1 saturated heterocycles. The van der Waals surface area contributed by atoms with Gasteiger partial charge in [-0.05, 0) is 53.3 Å². The number of halogens is 2. The molecule has 11 nitrogen and oxygen atoms in total. The van der Waals surface area contributed by atoms with E-state index in [1.54, 1.807) is 48.5 Å². The number of methoxy groups -OCH3 is 1. The van der Waals surface area contributed by atoms with Gasteiger partial charge in [-0.15, -0.1) is 0 Å². The molecule has 1 aliphatic carbocycles. The zero-order valence-corrected chi connectivity index (χ0v) is 27.8. The van der Waals surface area contributed by atoms with Gasteiger partial charge >= 0.3 is 11.4 Å². The van der Waals surface area contributed by atoms with Crippen molar-refractivity contribution in [3.05, 3.63) is 133 Å². The van der Waals surface area contributed by atoms with Crippen molar-refractivity contribution in [2.75, 3.05) is 12.5 Å². The first kappa shape index (κ1) is 31.0. The molecular weight excluding hydrogens is 669 g/mol. The Balaban J connectivity index is 1.43. The van der Waals surface area contributed by atoms with Gasteiger partial charge < -0.3 is 9.84 Å². The number of aromatic hydroxyl groups is 1. The highest BCUT2D eigenvalue weighted by Crippen LogP contribution is 2.63.